The third-order valence-electron chi connectivity index (χ3n) is 3.56. The Morgan fingerprint density at radius 1 is 1.39 bits per heavy atom. The van der Waals surface area contributed by atoms with Crippen LogP contribution in [0.15, 0.2) is 0 Å². The molecule has 0 aromatic heterocycles. The second kappa shape index (κ2) is 5.77. The molecule has 2 atom stereocenters. The van der Waals surface area contributed by atoms with Gasteiger partial charge < -0.3 is 4.74 Å². The molecule has 0 bridgehead atoms. The maximum absolute atomic E-state index is 12.2. The molecular formula is C12H21N3O3. The fraction of sp³-hybridized carbons (Fsp3) is 0.833. The van der Waals surface area contributed by atoms with Crippen LogP contribution in [0.3, 0.4) is 0 Å². The van der Waals surface area contributed by atoms with E-state index in [4.69, 9.17) is 4.74 Å². The molecular weight excluding hydrogens is 234 g/mol. The number of ether oxygens (including phenoxy) is 1. The molecule has 6 nitrogen and oxygen atoms in total. The lowest BCUT2D eigenvalue weighted by molar-refractivity contribution is -0.141. The second-order valence-electron chi connectivity index (χ2n) is 4.84. The van der Waals surface area contributed by atoms with Crippen molar-refractivity contribution in [1.29, 1.82) is 0 Å². The summed E-state index contributed by atoms with van der Waals surface area (Å²) in [6.07, 6.45) is 1.06. The smallest absolute Gasteiger partial charge is 0.248 e. The van der Waals surface area contributed by atoms with Gasteiger partial charge in [-0.15, -0.1) is 0 Å². The number of nitrogens with one attached hydrogen (secondary N) is 1. The Morgan fingerprint density at radius 3 is 2.67 bits per heavy atom. The van der Waals surface area contributed by atoms with Crippen LogP contribution in [0.1, 0.15) is 26.7 Å². The lowest BCUT2D eigenvalue weighted by Gasteiger charge is -2.29. The highest BCUT2D eigenvalue weighted by atomic mass is 16.5. The minimum atomic E-state index is -0.399. The quantitative estimate of drug-likeness (QED) is 0.702. The minimum absolute atomic E-state index is 0.0125. The van der Waals surface area contributed by atoms with E-state index in [0.29, 0.717) is 13.2 Å². The molecule has 1 N–H and O–H groups in total. The van der Waals surface area contributed by atoms with Gasteiger partial charge in [0.25, 0.3) is 0 Å². The van der Waals surface area contributed by atoms with Crippen molar-refractivity contribution in [3.05, 3.63) is 0 Å². The summed E-state index contributed by atoms with van der Waals surface area (Å²) in [5.41, 5.74) is 3.15. The van der Waals surface area contributed by atoms with Crippen molar-refractivity contribution in [2.24, 2.45) is 0 Å². The van der Waals surface area contributed by atoms with Crippen LogP contribution in [-0.2, 0) is 14.3 Å². The number of carbonyl (C=O) groups excluding carboxylic acids is 2. The topological polar surface area (TPSA) is 61.9 Å². The van der Waals surface area contributed by atoms with Crippen LogP contribution in [-0.4, -0.2) is 60.1 Å². The molecule has 2 amide bonds. The van der Waals surface area contributed by atoms with Crippen LogP contribution >= 0.6 is 0 Å². The number of morpholine rings is 1. The highest BCUT2D eigenvalue weighted by molar-refractivity contribution is 6.05. The SMILES string of the molecule is CCC(C)N1C(=O)CC(NN2CCOCC2)C1=O. The highest BCUT2D eigenvalue weighted by Crippen LogP contribution is 2.18. The summed E-state index contributed by atoms with van der Waals surface area (Å²) in [4.78, 5) is 25.4. The first kappa shape index (κ1) is 13.5. The summed E-state index contributed by atoms with van der Waals surface area (Å²) in [5.74, 6) is -0.166. The molecule has 2 heterocycles. The molecule has 2 aliphatic rings. The van der Waals surface area contributed by atoms with Crippen LogP contribution in [0.2, 0.25) is 0 Å². The Labute approximate surface area is 107 Å². The number of hydrogen-bond acceptors (Lipinski definition) is 5. The number of imide groups is 1. The van der Waals surface area contributed by atoms with E-state index in [0.717, 1.165) is 19.5 Å². The van der Waals surface area contributed by atoms with E-state index in [1.807, 2.05) is 18.9 Å². The molecule has 2 aliphatic heterocycles. The zero-order valence-corrected chi connectivity index (χ0v) is 11.0. The Hall–Kier alpha value is -0.980. The van der Waals surface area contributed by atoms with Gasteiger partial charge in [0, 0.05) is 19.1 Å². The predicted molar refractivity (Wildman–Crippen MR) is 65.5 cm³/mol. The van der Waals surface area contributed by atoms with Crippen LogP contribution in [0.5, 0.6) is 0 Å². The first-order chi connectivity index (χ1) is 8.63. The van der Waals surface area contributed by atoms with Gasteiger partial charge in [0.1, 0.15) is 6.04 Å². The van der Waals surface area contributed by atoms with Crippen molar-refractivity contribution in [1.82, 2.24) is 15.3 Å². The number of hydrazine groups is 1. The molecule has 2 saturated heterocycles. The van der Waals surface area contributed by atoms with E-state index < -0.39 is 6.04 Å². The summed E-state index contributed by atoms with van der Waals surface area (Å²) in [6, 6.07) is -0.411. The molecule has 2 rings (SSSR count). The summed E-state index contributed by atoms with van der Waals surface area (Å²) in [5, 5.41) is 1.97. The number of hydrogen-bond donors (Lipinski definition) is 1. The van der Waals surface area contributed by atoms with E-state index in [1.54, 1.807) is 0 Å². The van der Waals surface area contributed by atoms with Gasteiger partial charge in [-0.05, 0) is 13.3 Å². The molecule has 6 heteroatoms. The highest BCUT2D eigenvalue weighted by Gasteiger charge is 2.41. The number of nitrogens with zero attached hydrogens (tertiary/aromatic N) is 2. The van der Waals surface area contributed by atoms with Gasteiger partial charge in [0.2, 0.25) is 11.8 Å². The molecule has 0 aliphatic carbocycles. The Bertz CT molecular complexity index is 329. The van der Waals surface area contributed by atoms with E-state index in [1.165, 1.54) is 4.90 Å². The Balaban J connectivity index is 1.94. The number of carbonyl (C=O) groups is 2. The molecule has 0 radical (unpaired) electrons. The molecule has 102 valence electrons. The van der Waals surface area contributed by atoms with Gasteiger partial charge in [0.05, 0.1) is 19.6 Å². The number of rotatable bonds is 4. The lowest BCUT2D eigenvalue weighted by Crippen LogP contribution is -2.53. The van der Waals surface area contributed by atoms with E-state index in [2.05, 4.69) is 5.43 Å². The maximum Gasteiger partial charge on any atom is 0.248 e. The van der Waals surface area contributed by atoms with Crippen molar-refractivity contribution >= 4 is 11.8 Å². The van der Waals surface area contributed by atoms with E-state index in [-0.39, 0.29) is 24.3 Å². The van der Waals surface area contributed by atoms with Crippen LogP contribution in [0.25, 0.3) is 0 Å². The number of likely N-dealkylation sites (tertiary alicyclic amines) is 1. The standard InChI is InChI=1S/C12H21N3O3/c1-3-9(2)15-11(16)8-10(12(15)17)13-14-4-6-18-7-5-14/h9-10,13H,3-8H2,1-2H3. The van der Waals surface area contributed by atoms with Gasteiger partial charge in [0.15, 0.2) is 0 Å². The molecule has 0 spiro atoms. The van der Waals surface area contributed by atoms with Crippen molar-refractivity contribution in [2.75, 3.05) is 26.3 Å². The molecule has 0 aromatic rings. The lowest BCUT2D eigenvalue weighted by atomic mass is 10.2. The van der Waals surface area contributed by atoms with E-state index >= 15 is 0 Å². The molecule has 0 aromatic carbocycles. The van der Waals surface area contributed by atoms with Crippen molar-refractivity contribution in [2.45, 2.75) is 38.8 Å². The van der Waals surface area contributed by atoms with Crippen LogP contribution < -0.4 is 5.43 Å². The largest absolute Gasteiger partial charge is 0.379 e. The zero-order valence-electron chi connectivity index (χ0n) is 11.0. The normalized spacial score (nSPS) is 27.9. The molecule has 2 unspecified atom stereocenters. The molecule has 2 fully saturated rings. The van der Waals surface area contributed by atoms with Gasteiger partial charge in [-0.3, -0.25) is 14.5 Å². The zero-order chi connectivity index (χ0) is 13.1. The average molecular weight is 255 g/mol. The third kappa shape index (κ3) is 2.71. The van der Waals surface area contributed by atoms with Crippen LogP contribution in [0.4, 0.5) is 0 Å². The van der Waals surface area contributed by atoms with Gasteiger partial charge >= 0.3 is 0 Å². The molecule has 18 heavy (non-hydrogen) atoms. The average Bonchev–Trinajstić information content (AvgIpc) is 2.65. The second-order valence-corrected chi connectivity index (χ2v) is 4.84. The maximum atomic E-state index is 12.2. The van der Waals surface area contributed by atoms with Crippen molar-refractivity contribution < 1.29 is 14.3 Å². The predicted octanol–water partition coefficient (Wildman–Crippen LogP) is -0.251. The minimum Gasteiger partial charge on any atom is -0.379 e. The summed E-state index contributed by atoms with van der Waals surface area (Å²) >= 11 is 0. The third-order valence-corrected chi connectivity index (χ3v) is 3.56. The summed E-state index contributed by atoms with van der Waals surface area (Å²) in [6.45, 7) is 6.72. The van der Waals surface area contributed by atoms with E-state index in [9.17, 15) is 9.59 Å². The van der Waals surface area contributed by atoms with Crippen LogP contribution in [0, 0.1) is 0 Å². The van der Waals surface area contributed by atoms with Gasteiger partial charge in [-0.1, -0.05) is 6.92 Å². The fourth-order valence-electron chi connectivity index (χ4n) is 2.31. The van der Waals surface area contributed by atoms with Crippen molar-refractivity contribution in [3.8, 4) is 0 Å². The summed E-state index contributed by atoms with van der Waals surface area (Å²) in [7, 11) is 0. The Morgan fingerprint density at radius 2 is 2.06 bits per heavy atom. The number of amides is 2. The Kier molecular flexibility index (Phi) is 4.31. The van der Waals surface area contributed by atoms with Gasteiger partial charge in [-0.25, -0.2) is 10.4 Å². The fourth-order valence-corrected chi connectivity index (χ4v) is 2.31. The molecule has 0 saturated carbocycles. The first-order valence-electron chi connectivity index (χ1n) is 6.58. The van der Waals surface area contributed by atoms with Crippen molar-refractivity contribution in [3.63, 3.8) is 0 Å². The first-order valence-corrected chi connectivity index (χ1v) is 6.58. The van der Waals surface area contributed by atoms with Gasteiger partial charge in [-0.2, -0.15) is 0 Å². The summed E-state index contributed by atoms with van der Waals surface area (Å²) < 4.78 is 5.24. The monoisotopic (exact) mass is 255 g/mol.